The zero-order valence-corrected chi connectivity index (χ0v) is 17.7. The Hall–Kier alpha value is -4.00. The Bertz CT molecular complexity index is 1070. The van der Waals surface area contributed by atoms with Crippen LogP contribution in [0.25, 0.3) is 0 Å². The summed E-state index contributed by atoms with van der Waals surface area (Å²) in [7, 11) is 0. The second-order valence-corrected chi connectivity index (χ2v) is 7.73. The van der Waals surface area contributed by atoms with Crippen LogP contribution in [-0.2, 0) is 0 Å². The topological polar surface area (TPSA) is 101 Å². The van der Waals surface area contributed by atoms with Crippen molar-refractivity contribution in [3.63, 3.8) is 0 Å². The molecular weight excluding hydrogens is 404 g/mol. The first-order valence-electron chi connectivity index (χ1n) is 10.7. The number of hydrogen-bond acceptors (Lipinski definition) is 10. The summed E-state index contributed by atoms with van der Waals surface area (Å²) in [4.78, 5) is 31.0. The smallest absolute Gasteiger partial charge is 0.149 e. The van der Waals surface area contributed by atoms with Crippen molar-refractivity contribution in [2.24, 2.45) is 0 Å². The largest absolute Gasteiger partial charge is 0.353 e. The molecule has 5 rings (SSSR count). The van der Waals surface area contributed by atoms with Gasteiger partial charge in [0, 0.05) is 77.1 Å². The lowest BCUT2D eigenvalue weighted by Gasteiger charge is -2.38. The number of nitriles is 1. The van der Waals surface area contributed by atoms with Crippen molar-refractivity contribution in [1.82, 2.24) is 24.9 Å². The molecule has 32 heavy (non-hydrogen) atoms. The van der Waals surface area contributed by atoms with Crippen molar-refractivity contribution in [2.75, 3.05) is 72.0 Å². The van der Waals surface area contributed by atoms with Crippen LogP contribution in [0, 0.1) is 11.3 Å². The third-order valence-electron chi connectivity index (χ3n) is 5.91. The van der Waals surface area contributed by atoms with Gasteiger partial charge in [0.15, 0.2) is 0 Å². The fraction of sp³-hybridized carbons (Fsp3) is 0.364. The van der Waals surface area contributed by atoms with Gasteiger partial charge in [0.1, 0.15) is 29.3 Å². The van der Waals surface area contributed by atoms with Gasteiger partial charge in [-0.3, -0.25) is 9.97 Å². The maximum Gasteiger partial charge on any atom is 0.149 e. The van der Waals surface area contributed by atoms with Gasteiger partial charge >= 0.3 is 0 Å². The molecule has 0 amide bonds. The van der Waals surface area contributed by atoms with E-state index in [0.29, 0.717) is 5.56 Å². The Labute approximate surface area is 186 Å². The lowest BCUT2D eigenvalue weighted by molar-refractivity contribution is 0.630. The molecule has 10 heteroatoms. The Balaban J connectivity index is 1.27. The average molecular weight is 429 g/mol. The van der Waals surface area contributed by atoms with Gasteiger partial charge in [-0.25, -0.2) is 15.0 Å². The number of piperazine rings is 2. The number of pyridine rings is 1. The van der Waals surface area contributed by atoms with E-state index >= 15 is 0 Å². The molecule has 10 nitrogen and oxygen atoms in total. The maximum absolute atomic E-state index is 9.66. The summed E-state index contributed by atoms with van der Waals surface area (Å²) < 4.78 is 0. The summed E-state index contributed by atoms with van der Waals surface area (Å²) in [6, 6.07) is 6.16. The molecule has 0 atom stereocenters. The molecule has 2 saturated heterocycles. The molecule has 0 aromatic carbocycles. The number of nitrogens with zero attached hydrogens (tertiary/aromatic N) is 10. The van der Waals surface area contributed by atoms with Crippen LogP contribution in [-0.4, -0.2) is 77.3 Å². The van der Waals surface area contributed by atoms with E-state index in [-0.39, 0.29) is 0 Å². The Morgan fingerprint density at radius 2 is 1.12 bits per heavy atom. The molecule has 0 bridgehead atoms. The van der Waals surface area contributed by atoms with E-state index in [4.69, 9.17) is 4.98 Å². The van der Waals surface area contributed by atoms with Crippen molar-refractivity contribution < 1.29 is 0 Å². The van der Waals surface area contributed by atoms with Crippen molar-refractivity contribution in [1.29, 1.82) is 5.26 Å². The molecule has 2 aliphatic heterocycles. The summed E-state index contributed by atoms with van der Waals surface area (Å²) in [5.41, 5.74) is 0.611. The summed E-state index contributed by atoms with van der Waals surface area (Å²) in [6.07, 6.45) is 10.4. The zero-order valence-electron chi connectivity index (χ0n) is 17.7. The van der Waals surface area contributed by atoms with E-state index < -0.39 is 0 Å². The SMILES string of the molecule is N#Cc1ccc(N2CCN(c3cnccn3)CC2)nc1N1CCN(c2cnccn2)CC1. The van der Waals surface area contributed by atoms with Crippen LogP contribution >= 0.6 is 0 Å². The van der Waals surface area contributed by atoms with Gasteiger partial charge in [-0.15, -0.1) is 0 Å². The number of anilines is 4. The predicted octanol–water partition coefficient (Wildman–Crippen LogP) is 1.19. The highest BCUT2D eigenvalue weighted by Crippen LogP contribution is 2.25. The van der Waals surface area contributed by atoms with Crippen molar-refractivity contribution in [2.45, 2.75) is 0 Å². The zero-order chi connectivity index (χ0) is 21.8. The molecule has 0 unspecified atom stereocenters. The van der Waals surface area contributed by atoms with E-state index in [1.807, 2.05) is 12.1 Å². The first-order valence-corrected chi connectivity index (χ1v) is 10.7. The fourth-order valence-corrected chi connectivity index (χ4v) is 4.16. The Morgan fingerprint density at radius 3 is 1.59 bits per heavy atom. The normalized spacial score (nSPS) is 16.7. The minimum absolute atomic E-state index is 0.611. The second kappa shape index (κ2) is 9.01. The van der Waals surface area contributed by atoms with E-state index in [2.05, 4.69) is 45.6 Å². The predicted molar refractivity (Wildman–Crippen MR) is 122 cm³/mol. The van der Waals surface area contributed by atoms with Gasteiger partial charge in [0.05, 0.1) is 18.0 Å². The Morgan fingerprint density at radius 1 is 0.625 bits per heavy atom. The van der Waals surface area contributed by atoms with E-state index in [1.54, 1.807) is 37.2 Å². The van der Waals surface area contributed by atoms with Gasteiger partial charge in [-0.05, 0) is 12.1 Å². The molecule has 0 radical (unpaired) electrons. The number of rotatable bonds is 4. The van der Waals surface area contributed by atoms with E-state index in [9.17, 15) is 5.26 Å². The summed E-state index contributed by atoms with van der Waals surface area (Å²) in [5, 5.41) is 9.66. The molecular formula is C22H24N10. The summed E-state index contributed by atoms with van der Waals surface area (Å²) in [6.45, 7) is 6.58. The van der Waals surface area contributed by atoms with Crippen LogP contribution in [0.15, 0.2) is 49.3 Å². The monoisotopic (exact) mass is 428 g/mol. The molecule has 0 aliphatic carbocycles. The molecule has 0 spiro atoms. The van der Waals surface area contributed by atoms with Crippen molar-refractivity contribution in [3.8, 4) is 6.07 Å². The lowest BCUT2D eigenvalue weighted by Crippen LogP contribution is -2.48. The van der Waals surface area contributed by atoms with Gasteiger partial charge in [0.2, 0.25) is 0 Å². The molecule has 2 aliphatic rings. The molecule has 2 fully saturated rings. The number of hydrogen-bond donors (Lipinski definition) is 0. The number of aromatic nitrogens is 5. The van der Waals surface area contributed by atoms with Gasteiger partial charge < -0.3 is 19.6 Å². The van der Waals surface area contributed by atoms with Crippen LogP contribution in [0.1, 0.15) is 5.56 Å². The standard InChI is InChI=1S/C22H24N10/c23-15-18-1-2-19(29-7-9-30(10-8-29)20-16-24-3-5-26-20)28-22(18)32-13-11-31(12-14-32)21-17-25-4-6-27-21/h1-6,16-17H,7-14H2. The van der Waals surface area contributed by atoms with Gasteiger partial charge in [0.25, 0.3) is 0 Å². The lowest BCUT2D eigenvalue weighted by atomic mass is 10.2. The highest BCUT2D eigenvalue weighted by Gasteiger charge is 2.24. The third-order valence-corrected chi connectivity index (χ3v) is 5.91. The van der Waals surface area contributed by atoms with Crippen molar-refractivity contribution in [3.05, 3.63) is 54.9 Å². The highest BCUT2D eigenvalue weighted by molar-refractivity contribution is 5.60. The first-order chi connectivity index (χ1) is 15.8. The molecule has 162 valence electrons. The molecule has 3 aromatic heterocycles. The van der Waals surface area contributed by atoms with Crippen molar-refractivity contribution >= 4 is 23.3 Å². The molecule has 5 heterocycles. The molecule has 3 aromatic rings. The Kier molecular flexibility index (Phi) is 5.61. The van der Waals surface area contributed by atoms with Crippen LogP contribution in [0.3, 0.4) is 0 Å². The average Bonchev–Trinajstić information content (AvgIpc) is 2.89. The third kappa shape index (κ3) is 4.09. The van der Waals surface area contributed by atoms with Crippen LogP contribution < -0.4 is 19.6 Å². The van der Waals surface area contributed by atoms with E-state index in [1.165, 1.54) is 0 Å². The second-order valence-electron chi connectivity index (χ2n) is 7.73. The molecule has 0 N–H and O–H groups in total. The summed E-state index contributed by atoms with van der Waals surface area (Å²) in [5.74, 6) is 3.46. The van der Waals surface area contributed by atoms with Gasteiger partial charge in [-0.2, -0.15) is 5.26 Å². The summed E-state index contributed by atoms with van der Waals surface area (Å²) >= 11 is 0. The molecule has 0 saturated carbocycles. The highest BCUT2D eigenvalue weighted by atomic mass is 15.3. The minimum atomic E-state index is 0.611. The van der Waals surface area contributed by atoms with Crippen LogP contribution in [0.5, 0.6) is 0 Å². The quantitative estimate of drug-likeness (QED) is 0.602. The fourth-order valence-electron chi connectivity index (χ4n) is 4.16. The van der Waals surface area contributed by atoms with Crippen LogP contribution in [0.2, 0.25) is 0 Å². The van der Waals surface area contributed by atoms with E-state index in [0.717, 1.165) is 75.6 Å². The van der Waals surface area contributed by atoms with Crippen LogP contribution in [0.4, 0.5) is 23.3 Å². The first kappa shape index (κ1) is 19.9. The maximum atomic E-state index is 9.66. The van der Waals surface area contributed by atoms with Gasteiger partial charge in [-0.1, -0.05) is 0 Å². The minimum Gasteiger partial charge on any atom is -0.353 e.